The highest BCUT2D eigenvalue weighted by Gasteiger charge is 2.10. The first kappa shape index (κ1) is 13.5. The van der Waals surface area contributed by atoms with Crippen molar-refractivity contribution in [3.63, 3.8) is 0 Å². The zero-order valence-electron chi connectivity index (χ0n) is 11.0. The highest BCUT2D eigenvalue weighted by Crippen LogP contribution is 2.26. The Labute approximate surface area is 111 Å². The van der Waals surface area contributed by atoms with Gasteiger partial charge >= 0.3 is 0 Å². The van der Waals surface area contributed by atoms with Gasteiger partial charge in [-0.15, -0.1) is 0 Å². The molecule has 2 rings (SSSR count). The van der Waals surface area contributed by atoms with Gasteiger partial charge in [0.15, 0.2) is 0 Å². The van der Waals surface area contributed by atoms with E-state index in [9.17, 15) is 9.50 Å². The first-order chi connectivity index (χ1) is 9.06. The fourth-order valence-corrected chi connectivity index (χ4v) is 1.86. The molecule has 1 heterocycles. The molecule has 0 amide bonds. The fourth-order valence-electron chi connectivity index (χ4n) is 1.86. The summed E-state index contributed by atoms with van der Waals surface area (Å²) in [5.41, 5.74) is 1.64. The molecule has 0 radical (unpaired) electrons. The molecule has 102 valence electrons. The number of halogens is 1. The molecule has 1 atom stereocenters. The Balaban J connectivity index is 2.00. The number of aliphatic hydroxyl groups excluding tert-OH is 1. The van der Waals surface area contributed by atoms with Crippen molar-refractivity contribution in [2.45, 2.75) is 19.4 Å². The van der Waals surface area contributed by atoms with Crippen LogP contribution in [0.4, 0.5) is 4.39 Å². The van der Waals surface area contributed by atoms with Crippen molar-refractivity contribution < 1.29 is 14.2 Å². The fraction of sp³-hybridized carbons (Fsp3) is 0.357. The lowest BCUT2D eigenvalue weighted by Gasteiger charge is -2.13. The molecule has 0 bridgehead atoms. The predicted octanol–water partition coefficient (Wildman–Crippen LogP) is 2.23. The first-order valence-corrected chi connectivity index (χ1v) is 6.14. The third-order valence-electron chi connectivity index (χ3n) is 2.83. The number of aromatic nitrogens is 2. The zero-order valence-corrected chi connectivity index (χ0v) is 11.0. The standard InChI is InChI=1S/C14H17FN2O2/c1-10(18)13-4-3-12(15)7-14(13)19-6-5-11-8-16-17(2)9-11/h3-4,7-10,18H,5-6H2,1-2H3/t10-/m0/s1. The van der Waals surface area contributed by atoms with Crippen molar-refractivity contribution in [2.24, 2.45) is 7.05 Å². The molecular formula is C14H17FN2O2. The minimum atomic E-state index is -0.686. The van der Waals surface area contributed by atoms with E-state index in [0.29, 0.717) is 24.3 Å². The van der Waals surface area contributed by atoms with Gasteiger partial charge in [-0.1, -0.05) is 0 Å². The van der Waals surface area contributed by atoms with Crippen molar-refractivity contribution in [1.82, 2.24) is 9.78 Å². The number of hydrogen-bond donors (Lipinski definition) is 1. The molecule has 1 aromatic heterocycles. The highest BCUT2D eigenvalue weighted by atomic mass is 19.1. The molecule has 0 aliphatic heterocycles. The number of nitrogens with zero attached hydrogens (tertiary/aromatic N) is 2. The van der Waals surface area contributed by atoms with Crippen LogP contribution >= 0.6 is 0 Å². The second-order valence-electron chi connectivity index (χ2n) is 4.48. The number of ether oxygens (including phenoxy) is 1. The van der Waals surface area contributed by atoms with E-state index in [-0.39, 0.29) is 5.82 Å². The molecule has 0 aliphatic rings. The maximum atomic E-state index is 13.2. The Morgan fingerprint density at radius 1 is 1.47 bits per heavy atom. The van der Waals surface area contributed by atoms with Crippen LogP contribution in [0.1, 0.15) is 24.2 Å². The number of benzene rings is 1. The van der Waals surface area contributed by atoms with Crippen LogP contribution in [0.2, 0.25) is 0 Å². The van der Waals surface area contributed by atoms with Crippen molar-refractivity contribution in [2.75, 3.05) is 6.61 Å². The third kappa shape index (κ3) is 3.54. The SMILES string of the molecule is C[C@H](O)c1ccc(F)cc1OCCc1cnn(C)c1. The zero-order chi connectivity index (χ0) is 13.8. The van der Waals surface area contributed by atoms with E-state index in [1.165, 1.54) is 12.1 Å². The maximum absolute atomic E-state index is 13.2. The van der Waals surface area contributed by atoms with Gasteiger partial charge < -0.3 is 9.84 Å². The first-order valence-electron chi connectivity index (χ1n) is 6.14. The summed E-state index contributed by atoms with van der Waals surface area (Å²) in [4.78, 5) is 0. The topological polar surface area (TPSA) is 47.3 Å². The van der Waals surface area contributed by atoms with E-state index in [2.05, 4.69) is 5.10 Å². The van der Waals surface area contributed by atoms with Gasteiger partial charge in [0.05, 0.1) is 18.9 Å². The van der Waals surface area contributed by atoms with Gasteiger partial charge in [0, 0.05) is 31.3 Å². The Hall–Kier alpha value is -1.88. The van der Waals surface area contributed by atoms with E-state index < -0.39 is 6.10 Å². The van der Waals surface area contributed by atoms with Crippen LogP contribution in [-0.4, -0.2) is 21.5 Å². The van der Waals surface area contributed by atoms with Gasteiger partial charge in [0.2, 0.25) is 0 Å². The quantitative estimate of drug-likeness (QED) is 0.901. The van der Waals surface area contributed by atoms with Crippen molar-refractivity contribution in [3.8, 4) is 5.75 Å². The molecule has 2 aromatic rings. The van der Waals surface area contributed by atoms with E-state index >= 15 is 0 Å². The minimum Gasteiger partial charge on any atom is -0.493 e. The van der Waals surface area contributed by atoms with Crippen LogP contribution < -0.4 is 4.74 Å². The lowest BCUT2D eigenvalue weighted by molar-refractivity contribution is 0.191. The predicted molar refractivity (Wildman–Crippen MR) is 69.4 cm³/mol. The average molecular weight is 264 g/mol. The molecule has 1 N–H and O–H groups in total. The molecule has 0 unspecified atom stereocenters. The molecule has 0 fully saturated rings. The average Bonchev–Trinajstić information content (AvgIpc) is 2.75. The molecule has 0 saturated heterocycles. The summed E-state index contributed by atoms with van der Waals surface area (Å²) >= 11 is 0. The van der Waals surface area contributed by atoms with Crippen LogP contribution in [-0.2, 0) is 13.5 Å². The van der Waals surface area contributed by atoms with E-state index in [1.54, 1.807) is 23.9 Å². The Kier molecular flexibility index (Phi) is 4.16. The summed E-state index contributed by atoms with van der Waals surface area (Å²) in [5, 5.41) is 13.7. The number of aliphatic hydroxyl groups is 1. The van der Waals surface area contributed by atoms with E-state index in [0.717, 1.165) is 5.56 Å². The van der Waals surface area contributed by atoms with Crippen LogP contribution in [0.5, 0.6) is 5.75 Å². The molecule has 19 heavy (non-hydrogen) atoms. The summed E-state index contributed by atoms with van der Waals surface area (Å²) < 4.78 is 20.5. The molecule has 4 nitrogen and oxygen atoms in total. The van der Waals surface area contributed by atoms with Gasteiger partial charge in [-0.2, -0.15) is 5.10 Å². The summed E-state index contributed by atoms with van der Waals surface area (Å²) in [5.74, 6) is 0.0136. The third-order valence-corrected chi connectivity index (χ3v) is 2.83. The van der Waals surface area contributed by atoms with Crippen LogP contribution in [0, 0.1) is 5.82 Å². The molecule has 1 aromatic carbocycles. The second kappa shape index (κ2) is 5.84. The van der Waals surface area contributed by atoms with Crippen LogP contribution in [0.15, 0.2) is 30.6 Å². The van der Waals surface area contributed by atoms with Gasteiger partial charge in [-0.05, 0) is 24.6 Å². The number of rotatable bonds is 5. The largest absolute Gasteiger partial charge is 0.493 e. The molecule has 0 spiro atoms. The monoisotopic (exact) mass is 264 g/mol. The lowest BCUT2D eigenvalue weighted by Crippen LogP contribution is -2.05. The molecule has 0 saturated carbocycles. The number of hydrogen-bond acceptors (Lipinski definition) is 3. The van der Waals surface area contributed by atoms with Gasteiger partial charge in [-0.25, -0.2) is 4.39 Å². The normalized spacial score (nSPS) is 12.4. The Bertz CT molecular complexity index is 552. The van der Waals surface area contributed by atoms with Gasteiger partial charge in [0.25, 0.3) is 0 Å². The molecular weight excluding hydrogens is 247 g/mol. The lowest BCUT2D eigenvalue weighted by atomic mass is 10.1. The van der Waals surface area contributed by atoms with Crippen molar-refractivity contribution in [3.05, 3.63) is 47.5 Å². The van der Waals surface area contributed by atoms with Crippen molar-refractivity contribution >= 4 is 0 Å². The van der Waals surface area contributed by atoms with Crippen molar-refractivity contribution in [1.29, 1.82) is 0 Å². The van der Waals surface area contributed by atoms with Crippen LogP contribution in [0.25, 0.3) is 0 Å². The second-order valence-corrected chi connectivity index (χ2v) is 4.48. The summed E-state index contributed by atoms with van der Waals surface area (Å²) in [6, 6.07) is 4.15. The van der Waals surface area contributed by atoms with Crippen LogP contribution in [0.3, 0.4) is 0 Å². The Morgan fingerprint density at radius 3 is 2.89 bits per heavy atom. The van der Waals surface area contributed by atoms with E-state index in [4.69, 9.17) is 4.74 Å². The minimum absolute atomic E-state index is 0.374. The number of aryl methyl sites for hydroxylation is 1. The maximum Gasteiger partial charge on any atom is 0.128 e. The van der Waals surface area contributed by atoms with Gasteiger partial charge in [0.1, 0.15) is 11.6 Å². The summed E-state index contributed by atoms with van der Waals surface area (Å²) in [6.45, 7) is 2.04. The summed E-state index contributed by atoms with van der Waals surface area (Å²) in [7, 11) is 1.85. The highest BCUT2D eigenvalue weighted by molar-refractivity contribution is 5.35. The molecule has 0 aliphatic carbocycles. The van der Waals surface area contributed by atoms with E-state index in [1.807, 2.05) is 13.2 Å². The smallest absolute Gasteiger partial charge is 0.128 e. The summed E-state index contributed by atoms with van der Waals surface area (Å²) in [6.07, 6.45) is 3.67. The Morgan fingerprint density at radius 2 is 2.26 bits per heavy atom. The van der Waals surface area contributed by atoms with Gasteiger partial charge in [-0.3, -0.25) is 4.68 Å². The molecule has 5 heteroatoms.